The summed E-state index contributed by atoms with van der Waals surface area (Å²) in [5.74, 6) is 0.293. The Kier molecular flexibility index (Phi) is 5.70. The van der Waals surface area contributed by atoms with Crippen LogP contribution in [0.25, 0.3) is 0 Å². The summed E-state index contributed by atoms with van der Waals surface area (Å²) in [7, 11) is 3.99. The van der Waals surface area contributed by atoms with Crippen molar-refractivity contribution in [2.24, 2.45) is 11.8 Å². The van der Waals surface area contributed by atoms with Gasteiger partial charge in [0.05, 0.1) is 0 Å². The van der Waals surface area contributed by atoms with Gasteiger partial charge in [-0.15, -0.1) is 0 Å². The molecule has 0 aromatic rings. The average Bonchev–Trinajstić information content (AvgIpc) is 2.42. The van der Waals surface area contributed by atoms with E-state index >= 15 is 0 Å². The Labute approximate surface area is 111 Å². The molecule has 18 heavy (non-hydrogen) atoms. The molecule has 3 atom stereocenters. The number of nitrogens with one attached hydrogen (secondary N) is 1. The molecule has 0 aromatic heterocycles. The molecule has 0 heterocycles. The van der Waals surface area contributed by atoms with E-state index in [4.69, 9.17) is 0 Å². The van der Waals surface area contributed by atoms with Gasteiger partial charge in [0.2, 0.25) is 0 Å². The van der Waals surface area contributed by atoms with E-state index < -0.39 is 6.17 Å². The Bertz CT molecular complexity index is 322. The minimum absolute atomic E-state index is 0.0189. The second-order valence-electron chi connectivity index (χ2n) is 5.25. The lowest BCUT2D eigenvalue weighted by Crippen LogP contribution is -2.19. The quantitative estimate of drug-likeness (QED) is 0.831. The van der Waals surface area contributed by atoms with Crippen molar-refractivity contribution in [1.82, 2.24) is 10.2 Å². The van der Waals surface area contributed by atoms with Gasteiger partial charge < -0.3 is 10.2 Å². The highest BCUT2D eigenvalue weighted by atomic mass is 19.1. The van der Waals surface area contributed by atoms with Crippen molar-refractivity contribution in [3.05, 3.63) is 23.5 Å². The maximum atomic E-state index is 14.1. The number of allylic oxidation sites excluding steroid dienone is 3. The van der Waals surface area contributed by atoms with E-state index in [-0.39, 0.29) is 5.92 Å². The molecule has 1 aliphatic rings. The number of nitrogens with zero attached hydrogens (tertiary/aromatic N) is 1. The summed E-state index contributed by atoms with van der Waals surface area (Å²) in [5, 5.41) is 3.21. The normalized spacial score (nSPS) is 35.3. The van der Waals surface area contributed by atoms with Gasteiger partial charge in [-0.3, -0.25) is 0 Å². The second kappa shape index (κ2) is 6.81. The minimum atomic E-state index is -0.757. The van der Waals surface area contributed by atoms with Crippen LogP contribution in [0.15, 0.2) is 23.5 Å². The molecule has 1 N–H and O–H groups in total. The van der Waals surface area contributed by atoms with Gasteiger partial charge in [0.1, 0.15) is 6.17 Å². The molecule has 0 fully saturated rings. The van der Waals surface area contributed by atoms with E-state index in [1.165, 1.54) is 5.70 Å². The van der Waals surface area contributed by atoms with Crippen LogP contribution in [0.5, 0.6) is 0 Å². The molecule has 0 saturated carbocycles. The Hall–Kier alpha value is -0.990. The number of halogens is 1. The first-order valence-electron chi connectivity index (χ1n) is 6.94. The molecule has 0 bridgehead atoms. The zero-order chi connectivity index (χ0) is 13.7. The first-order chi connectivity index (χ1) is 8.49. The first kappa shape index (κ1) is 15.1. The van der Waals surface area contributed by atoms with E-state index in [9.17, 15) is 4.39 Å². The number of hydrogen-bond donors (Lipinski definition) is 1. The van der Waals surface area contributed by atoms with Gasteiger partial charge in [0.15, 0.2) is 0 Å². The lowest BCUT2D eigenvalue weighted by molar-refractivity contribution is 0.251. The van der Waals surface area contributed by atoms with Crippen molar-refractivity contribution in [3.63, 3.8) is 0 Å². The van der Waals surface area contributed by atoms with Crippen LogP contribution in [0.1, 0.15) is 33.6 Å². The highest BCUT2D eigenvalue weighted by molar-refractivity contribution is 5.17. The molecule has 0 aliphatic heterocycles. The number of rotatable bonds is 3. The van der Waals surface area contributed by atoms with Crippen LogP contribution >= 0.6 is 0 Å². The monoisotopic (exact) mass is 254 g/mol. The minimum Gasteiger partial charge on any atom is -0.391 e. The van der Waals surface area contributed by atoms with E-state index in [0.29, 0.717) is 12.3 Å². The first-order valence-corrected chi connectivity index (χ1v) is 6.94. The third-order valence-electron chi connectivity index (χ3n) is 3.88. The van der Waals surface area contributed by atoms with Crippen molar-refractivity contribution in [2.45, 2.75) is 39.8 Å². The summed E-state index contributed by atoms with van der Waals surface area (Å²) in [6.45, 7) is 7.21. The summed E-state index contributed by atoms with van der Waals surface area (Å²) < 4.78 is 14.1. The molecule has 0 radical (unpaired) electrons. The van der Waals surface area contributed by atoms with Crippen LogP contribution in [0.3, 0.4) is 0 Å². The zero-order valence-corrected chi connectivity index (χ0v) is 12.3. The molecule has 1 rings (SSSR count). The van der Waals surface area contributed by atoms with E-state index in [1.54, 1.807) is 0 Å². The second-order valence-corrected chi connectivity index (χ2v) is 5.25. The lowest BCUT2D eigenvalue weighted by atomic mass is 9.99. The fourth-order valence-electron chi connectivity index (χ4n) is 2.38. The summed E-state index contributed by atoms with van der Waals surface area (Å²) in [6, 6.07) is 0. The third-order valence-corrected chi connectivity index (χ3v) is 3.88. The lowest BCUT2D eigenvalue weighted by Gasteiger charge is -2.23. The smallest absolute Gasteiger partial charge is 0.107 e. The van der Waals surface area contributed by atoms with Crippen LogP contribution in [-0.4, -0.2) is 31.7 Å². The van der Waals surface area contributed by atoms with Crippen molar-refractivity contribution in [3.8, 4) is 0 Å². The Balaban J connectivity index is 3.01. The molecule has 104 valence electrons. The molecule has 0 amide bonds. The molecular formula is C15H27FN2. The number of alkyl halides is 1. The van der Waals surface area contributed by atoms with E-state index in [1.807, 2.05) is 20.0 Å². The predicted octanol–water partition coefficient (Wildman–Crippen LogP) is 3.33. The van der Waals surface area contributed by atoms with Crippen LogP contribution in [0.4, 0.5) is 4.39 Å². The Morgan fingerprint density at radius 1 is 1.39 bits per heavy atom. The molecule has 2 nitrogen and oxygen atoms in total. The Morgan fingerprint density at radius 3 is 2.61 bits per heavy atom. The largest absolute Gasteiger partial charge is 0.391 e. The maximum Gasteiger partial charge on any atom is 0.107 e. The van der Waals surface area contributed by atoms with Gasteiger partial charge in [-0.05, 0) is 19.8 Å². The topological polar surface area (TPSA) is 15.3 Å². The van der Waals surface area contributed by atoms with E-state index in [0.717, 1.165) is 18.7 Å². The summed E-state index contributed by atoms with van der Waals surface area (Å²) in [6.07, 6.45) is 4.98. The van der Waals surface area contributed by atoms with Crippen LogP contribution in [0.2, 0.25) is 0 Å². The van der Waals surface area contributed by atoms with Crippen LogP contribution in [-0.2, 0) is 0 Å². The summed E-state index contributed by atoms with van der Waals surface area (Å²) >= 11 is 0. The predicted molar refractivity (Wildman–Crippen MR) is 76.0 cm³/mol. The fraction of sp³-hybridized carbons (Fsp3) is 0.733. The van der Waals surface area contributed by atoms with Crippen molar-refractivity contribution < 1.29 is 4.39 Å². The van der Waals surface area contributed by atoms with Gasteiger partial charge in [-0.25, -0.2) is 4.39 Å². The molecule has 2 unspecified atom stereocenters. The molecule has 1 aliphatic carbocycles. The summed E-state index contributed by atoms with van der Waals surface area (Å²) in [5.41, 5.74) is 2.37. The fourth-order valence-corrected chi connectivity index (χ4v) is 2.38. The van der Waals surface area contributed by atoms with Crippen LogP contribution < -0.4 is 5.32 Å². The van der Waals surface area contributed by atoms with Gasteiger partial charge in [0, 0.05) is 43.9 Å². The third kappa shape index (κ3) is 3.76. The highest BCUT2D eigenvalue weighted by Crippen LogP contribution is 2.26. The van der Waals surface area contributed by atoms with Crippen molar-refractivity contribution >= 4 is 0 Å². The van der Waals surface area contributed by atoms with E-state index in [2.05, 4.69) is 37.2 Å². The van der Waals surface area contributed by atoms with Gasteiger partial charge in [0.25, 0.3) is 0 Å². The van der Waals surface area contributed by atoms with Crippen LogP contribution in [0, 0.1) is 11.8 Å². The highest BCUT2D eigenvalue weighted by Gasteiger charge is 2.20. The van der Waals surface area contributed by atoms with Crippen molar-refractivity contribution in [2.75, 3.05) is 20.6 Å². The average molecular weight is 254 g/mol. The van der Waals surface area contributed by atoms with Gasteiger partial charge >= 0.3 is 0 Å². The summed E-state index contributed by atoms with van der Waals surface area (Å²) in [4.78, 5) is 2.21. The maximum absolute atomic E-state index is 14.1. The van der Waals surface area contributed by atoms with Gasteiger partial charge in [-0.1, -0.05) is 26.0 Å². The molecule has 3 heteroatoms. The molecular weight excluding hydrogens is 227 g/mol. The Morgan fingerprint density at radius 2 is 2.06 bits per heavy atom. The van der Waals surface area contributed by atoms with Gasteiger partial charge in [-0.2, -0.15) is 0 Å². The SMILES string of the molecule is CCN(C)/C1=C/[C@H](C)/C(NC)=C\C(C)C(F)CC1. The molecule has 0 saturated heterocycles. The molecule has 0 aromatic carbocycles. The standard InChI is InChI=1S/C15H27FN2/c1-6-18(5)13-7-8-14(16)11(2)10-15(17-4)12(3)9-13/h9-12,14,17H,6-8H2,1-5H3/b13-9+,15-10+/t11?,12-,14?/m0/s1. The number of hydrogen-bond acceptors (Lipinski definition) is 2. The molecule has 0 spiro atoms. The zero-order valence-electron chi connectivity index (χ0n) is 12.3. The van der Waals surface area contributed by atoms with Crippen molar-refractivity contribution in [1.29, 1.82) is 0 Å².